The minimum absolute atomic E-state index is 0.458. The van der Waals surface area contributed by atoms with Gasteiger partial charge in [-0.1, -0.05) is 0 Å². The zero-order valence-corrected chi connectivity index (χ0v) is 4.42. The van der Waals surface area contributed by atoms with Crippen molar-refractivity contribution >= 4 is 5.94 Å². The van der Waals surface area contributed by atoms with Gasteiger partial charge in [-0.15, -0.1) is 5.43 Å². The minimum atomic E-state index is 0.458. The summed E-state index contributed by atoms with van der Waals surface area (Å²) in [7, 11) is 0. The monoisotopic (exact) mass is 111 g/mol. The van der Waals surface area contributed by atoms with Crippen molar-refractivity contribution in [3.8, 4) is 0 Å². The first-order valence-corrected chi connectivity index (χ1v) is 2.58. The van der Waals surface area contributed by atoms with Crippen LogP contribution in [0, 0.1) is 0 Å². The van der Waals surface area contributed by atoms with Gasteiger partial charge in [-0.25, -0.2) is 4.79 Å². The molecule has 1 fully saturated rings. The molecule has 1 saturated carbocycles. The van der Waals surface area contributed by atoms with E-state index in [1.165, 1.54) is 6.20 Å². The third kappa shape index (κ3) is 1.78. The Labute approximate surface area is 47.7 Å². The molecule has 1 radical (unpaired) electrons. The summed E-state index contributed by atoms with van der Waals surface area (Å²) < 4.78 is 0. The molecule has 0 amide bonds. The van der Waals surface area contributed by atoms with Gasteiger partial charge in [0.2, 0.25) is 0 Å². The average molecular weight is 111 g/mol. The van der Waals surface area contributed by atoms with Crippen molar-refractivity contribution in [2.24, 2.45) is 0 Å². The second-order valence-electron chi connectivity index (χ2n) is 1.75. The fourth-order valence-electron chi connectivity index (χ4n) is 0.373. The van der Waals surface area contributed by atoms with E-state index in [0.717, 1.165) is 12.8 Å². The summed E-state index contributed by atoms with van der Waals surface area (Å²) in [5.74, 6) is 1.57. The Morgan fingerprint density at radius 3 is 3.00 bits per heavy atom. The Bertz CT molecular complexity index is 114. The molecule has 1 N–H and O–H groups in total. The molecular formula is C5H7N2O. The first-order chi connectivity index (χ1) is 3.93. The molecule has 1 rings (SSSR count). The van der Waals surface area contributed by atoms with Crippen LogP contribution in [0.25, 0.3) is 0 Å². The number of nitrogens with one attached hydrogen (secondary N) is 1. The molecule has 0 spiro atoms. The highest BCUT2D eigenvalue weighted by Crippen LogP contribution is 2.18. The molecular weight excluding hydrogens is 104 g/mol. The van der Waals surface area contributed by atoms with Gasteiger partial charge in [-0.05, 0) is 12.8 Å². The van der Waals surface area contributed by atoms with Gasteiger partial charge in [0.05, 0.1) is 6.20 Å². The first kappa shape index (κ1) is 5.35. The molecule has 3 heteroatoms. The molecule has 1 aliphatic rings. The van der Waals surface area contributed by atoms with Gasteiger partial charge in [0.25, 0.3) is 0 Å². The fourth-order valence-corrected chi connectivity index (χ4v) is 0.373. The third-order valence-corrected chi connectivity index (χ3v) is 0.927. The third-order valence-electron chi connectivity index (χ3n) is 0.927. The van der Waals surface area contributed by atoms with Gasteiger partial charge in [0, 0.05) is 6.04 Å². The van der Waals surface area contributed by atoms with Gasteiger partial charge in [0.15, 0.2) is 0 Å². The van der Waals surface area contributed by atoms with Crippen LogP contribution in [0.2, 0.25) is 0 Å². The highest BCUT2D eigenvalue weighted by molar-refractivity contribution is 5.43. The summed E-state index contributed by atoms with van der Waals surface area (Å²) in [6.45, 7) is 0. The predicted octanol–water partition coefficient (Wildman–Crippen LogP) is -0.397. The van der Waals surface area contributed by atoms with E-state index in [0.29, 0.717) is 6.04 Å². The van der Waals surface area contributed by atoms with Crippen molar-refractivity contribution < 1.29 is 4.79 Å². The van der Waals surface area contributed by atoms with E-state index < -0.39 is 0 Å². The Hall–Kier alpha value is -0.790. The highest BCUT2D eigenvalue weighted by Gasteiger charge is 2.21. The Morgan fingerprint density at radius 2 is 2.50 bits per heavy atom. The van der Waals surface area contributed by atoms with Crippen LogP contribution in [0.1, 0.15) is 12.8 Å². The Kier molecular flexibility index (Phi) is 1.67. The van der Waals surface area contributed by atoms with Crippen molar-refractivity contribution in [1.29, 1.82) is 0 Å². The summed E-state index contributed by atoms with van der Waals surface area (Å²) in [6, 6.07) is 0.458. The van der Waals surface area contributed by atoms with E-state index in [9.17, 15) is 4.79 Å². The van der Waals surface area contributed by atoms with Crippen LogP contribution in [0.15, 0.2) is 6.20 Å². The lowest BCUT2D eigenvalue weighted by atomic mass is 10.8. The summed E-state index contributed by atoms with van der Waals surface area (Å²) in [4.78, 5) is 9.50. The standard InChI is InChI=1S/C5H7N2O/c8-4-3-6-7-5-1-2-5/h3,5-6H,1-2H2. The molecule has 0 aliphatic heterocycles. The maximum absolute atomic E-state index is 9.50. The zero-order chi connectivity index (χ0) is 5.82. The second kappa shape index (κ2) is 2.50. The summed E-state index contributed by atoms with van der Waals surface area (Å²) in [6.07, 6.45) is 3.47. The first-order valence-electron chi connectivity index (χ1n) is 2.58. The second-order valence-corrected chi connectivity index (χ2v) is 1.75. The molecule has 0 bridgehead atoms. The SMILES string of the molecule is O=C=CN[N]C1CC1. The Morgan fingerprint density at radius 1 is 1.75 bits per heavy atom. The average Bonchev–Trinajstić information content (AvgIpc) is 2.51. The molecule has 0 aromatic carbocycles. The normalized spacial score (nSPS) is 17.0. The molecule has 1 aliphatic carbocycles. The lowest BCUT2D eigenvalue weighted by Gasteiger charge is -1.91. The topological polar surface area (TPSA) is 43.2 Å². The smallest absolute Gasteiger partial charge is 0.143 e. The van der Waals surface area contributed by atoms with Crippen molar-refractivity contribution in [3.05, 3.63) is 6.20 Å². The predicted molar refractivity (Wildman–Crippen MR) is 28.6 cm³/mol. The van der Waals surface area contributed by atoms with E-state index in [-0.39, 0.29) is 0 Å². The number of nitrogens with zero attached hydrogens (tertiary/aromatic N) is 1. The lowest BCUT2D eigenvalue weighted by Crippen LogP contribution is -2.20. The molecule has 3 nitrogen and oxygen atoms in total. The Balaban J connectivity index is 1.95. The van der Waals surface area contributed by atoms with Crippen molar-refractivity contribution in [2.45, 2.75) is 18.9 Å². The summed E-state index contributed by atoms with van der Waals surface area (Å²) >= 11 is 0. The number of hydrogen-bond donors (Lipinski definition) is 1. The quantitative estimate of drug-likeness (QED) is 0.398. The van der Waals surface area contributed by atoms with E-state index in [4.69, 9.17) is 0 Å². The van der Waals surface area contributed by atoms with Gasteiger partial charge >= 0.3 is 0 Å². The van der Waals surface area contributed by atoms with E-state index in [1.54, 1.807) is 5.94 Å². The summed E-state index contributed by atoms with van der Waals surface area (Å²) in [5, 5.41) is 0. The fraction of sp³-hybridized carbons (Fsp3) is 0.600. The highest BCUT2D eigenvalue weighted by atomic mass is 16.1. The summed E-state index contributed by atoms with van der Waals surface area (Å²) in [5.41, 5.74) is 6.33. The zero-order valence-electron chi connectivity index (χ0n) is 4.42. The molecule has 8 heavy (non-hydrogen) atoms. The maximum atomic E-state index is 9.50. The molecule has 43 valence electrons. The van der Waals surface area contributed by atoms with E-state index >= 15 is 0 Å². The lowest BCUT2D eigenvalue weighted by molar-refractivity contribution is 0.560. The van der Waals surface area contributed by atoms with Gasteiger partial charge in [0.1, 0.15) is 5.94 Å². The van der Waals surface area contributed by atoms with Gasteiger partial charge in [-0.2, -0.15) is 0 Å². The van der Waals surface area contributed by atoms with Crippen LogP contribution in [0.4, 0.5) is 0 Å². The minimum Gasteiger partial charge on any atom is -0.300 e. The van der Waals surface area contributed by atoms with Crippen LogP contribution >= 0.6 is 0 Å². The van der Waals surface area contributed by atoms with E-state index in [1.807, 2.05) is 0 Å². The van der Waals surface area contributed by atoms with Crippen LogP contribution in [0.3, 0.4) is 0 Å². The van der Waals surface area contributed by atoms with Crippen LogP contribution in [-0.4, -0.2) is 12.0 Å². The molecule has 0 atom stereocenters. The van der Waals surface area contributed by atoms with Crippen molar-refractivity contribution in [1.82, 2.24) is 10.9 Å². The number of hydrogen-bond acceptors (Lipinski definition) is 2. The molecule has 0 aromatic rings. The van der Waals surface area contributed by atoms with Crippen LogP contribution in [0.5, 0.6) is 0 Å². The molecule has 0 heterocycles. The van der Waals surface area contributed by atoms with Gasteiger partial charge in [-0.3, -0.25) is 0 Å². The molecule has 0 aromatic heterocycles. The molecule has 0 saturated heterocycles. The van der Waals surface area contributed by atoms with Gasteiger partial charge < -0.3 is 5.43 Å². The molecule has 0 unspecified atom stereocenters. The number of carbonyl (C=O) groups excluding carboxylic acids is 1. The van der Waals surface area contributed by atoms with Crippen LogP contribution in [-0.2, 0) is 4.79 Å². The van der Waals surface area contributed by atoms with E-state index in [2.05, 4.69) is 10.9 Å². The van der Waals surface area contributed by atoms with Crippen LogP contribution < -0.4 is 10.9 Å². The number of rotatable bonds is 3. The maximum Gasteiger partial charge on any atom is 0.143 e. The van der Waals surface area contributed by atoms with Crippen molar-refractivity contribution in [2.75, 3.05) is 0 Å². The largest absolute Gasteiger partial charge is 0.300 e. The van der Waals surface area contributed by atoms with Crippen molar-refractivity contribution in [3.63, 3.8) is 0 Å².